The average Bonchev–Trinajstić information content (AvgIpc) is 2.44. The van der Waals surface area contributed by atoms with Crippen LogP contribution in [-0.4, -0.2) is 37.2 Å². The third-order valence-electron chi connectivity index (χ3n) is 4.66. The number of aryl methyl sites for hydroxylation is 2. The minimum atomic E-state index is 0.0161. The number of rotatable bonds is 5. The molecule has 1 aliphatic heterocycles. The van der Waals surface area contributed by atoms with Crippen LogP contribution in [0, 0.1) is 13.8 Å². The molecule has 2 N–H and O–H groups in total. The van der Waals surface area contributed by atoms with Crippen molar-refractivity contribution >= 4 is 0 Å². The summed E-state index contributed by atoms with van der Waals surface area (Å²) in [7, 11) is 1.82. The fraction of sp³-hybridized carbons (Fsp3) is 0.667. The first kappa shape index (κ1) is 16.5. The van der Waals surface area contributed by atoms with Gasteiger partial charge in [0, 0.05) is 26.2 Å². The molecular formula is C18H30N2O. The Balaban J connectivity index is 1.90. The van der Waals surface area contributed by atoms with Gasteiger partial charge in [0.05, 0.1) is 5.60 Å². The Hall–Kier alpha value is -0.900. The maximum absolute atomic E-state index is 6.39. The molecule has 0 radical (unpaired) electrons. The highest BCUT2D eigenvalue weighted by Gasteiger charge is 2.30. The number of hydrogen-bond acceptors (Lipinski definition) is 3. The van der Waals surface area contributed by atoms with Crippen molar-refractivity contribution in [3.8, 4) is 0 Å². The van der Waals surface area contributed by atoms with Crippen molar-refractivity contribution in [2.45, 2.75) is 51.7 Å². The van der Waals surface area contributed by atoms with Crippen molar-refractivity contribution in [3.63, 3.8) is 0 Å². The highest BCUT2D eigenvalue weighted by molar-refractivity contribution is 5.30. The minimum Gasteiger partial charge on any atom is -0.377 e. The highest BCUT2D eigenvalue weighted by atomic mass is 16.5. The second-order valence-corrected chi connectivity index (χ2v) is 6.85. The van der Waals surface area contributed by atoms with Crippen LogP contribution in [0.4, 0.5) is 0 Å². The van der Waals surface area contributed by atoms with E-state index in [9.17, 15) is 0 Å². The number of methoxy groups -OCH3 is 1. The van der Waals surface area contributed by atoms with Gasteiger partial charge in [-0.25, -0.2) is 0 Å². The Bertz CT molecular complexity index is 454. The number of ether oxygens (including phenoxy) is 1. The molecule has 0 spiro atoms. The van der Waals surface area contributed by atoms with Gasteiger partial charge in [-0.05, 0) is 52.1 Å². The molecule has 2 atom stereocenters. The minimum absolute atomic E-state index is 0.0161. The molecule has 0 bridgehead atoms. The molecule has 1 fully saturated rings. The summed E-state index contributed by atoms with van der Waals surface area (Å²) in [6.45, 7) is 9.72. The lowest BCUT2D eigenvalue weighted by Crippen LogP contribution is -2.47. The predicted molar refractivity (Wildman–Crippen MR) is 88.5 cm³/mol. The Morgan fingerprint density at radius 1 is 1.29 bits per heavy atom. The Morgan fingerprint density at radius 3 is 2.57 bits per heavy atom. The quantitative estimate of drug-likeness (QED) is 0.905. The zero-order valence-corrected chi connectivity index (χ0v) is 14.0. The van der Waals surface area contributed by atoms with Gasteiger partial charge in [0.2, 0.25) is 0 Å². The second kappa shape index (κ2) is 6.91. The van der Waals surface area contributed by atoms with Crippen LogP contribution in [0.5, 0.6) is 0 Å². The molecular weight excluding hydrogens is 260 g/mol. The first-order valence-corrected chi connectivity index (χ1v) is 8.03. The number of nitrogens with zero attached hydrogens (tertiary/aromatic N) is 1. The molecule has 1 saturated heterocycles. The largest absolute Gasteiger partial charge is 0.377 e. The van der Waals surface area contributed by atoms with Gasteiger partial charge in [-0.3, -0.25) is 0 Å². The van der Waals surface area contributed by atoms with E-state index in [4.69, 9.17) is 10.5 Å². The summed E-state index contributed by atoms with van der Waals surface area (Å²) < 4.78 is 5.66. The summed E-state index contributed by atoms with van der Waals surface area (Å²) in [6.07, 6.45) is 3.37. The molecule has 1 aromatic carbocycles. The van der Waals surface area contributed by atoms with E-state index in [-0.39, 0.29) is 11.6 Å². The van der Waals surface area contributed by atoms with Crippen molar-refractivity contribution in [1.82, 2.24) is 4.90 Å². The average molecular weight is 290 g/mol. The molecule has 21 heavy (non-hydrogen) atoms. The standard InChI is InChI=1S/C18H30N2O/c1-14-10-15(2)12-16(11-14)17(19)6-9-20-8-5-7-18(3,13-20)21-4/h10-12,17H,5-9,13,19H2,1-4H3. The summed E-state index contributed by atoms with van der Waals surface area (Å²) in [6, 6.07) is 6.75. The van der Waals surface area contributed by atoms with Crippen LogP contribution in [0.1, 0.15) is 48.9 Å². The van der Waals surface area contributed by atoms with E-state index < -0.39 is 0 Å². The van der Waals surface area contributed by atoms with Gasteiger partial charge >= 0.3 is 0 Å². The van der Waals surface area contributed by atoms with E-state index in [1.165, 1.54) is 29.7 Å². The summed E-state index contributed by atoms with van der Waals surface area (Å²) in [5.41, 5.74) is 10.3. The maximum Gasteiger partial charge on any atom is 0.0777 e. The molecule has 118 valence electrons. The zero-order valence-electron chi connectivity index (χ0n) is 14.0. The van der Waals surface area contributed by atoms with Crippen LogP contribution in [0.25, 0.3) is 0 Å². The van der Waals surface area contributed by atoms with Crippen LogP contribution in [0.3, 0.4) is 0 Å². The van der Waals surface area contributed by atoms with Gasteiger partial charge in [-0.15, -0.1) is 0 Å². The highest BCUT2D eigenvalue weighted by Crippen LogP contribution is 2.25. The van der Waals surface area contributed by atoms with Crippen LogP contribution in [0.15, 0.2) is 18.2 Å². The topological polar surface area (TPSA) is 38.5 Å². The lowest BCUT2D eigenvalue weighted by atomic mass is 9.94. The monoisotopic (exact) mass is 290 g/mol. The van der Waals surface area contributed by atoms with Gasteiger partial charge < -0.3 is 15.4 Å². The summed E-state index contributed by atoms with van der Waals surface area (Å²) in [5.74, 6) is 0. The van der Waals surface area contributed by atoms with Crippen molar-refractivity contribution in [3.05, 3.63) is 34.9 Å². The van der Waals surface area contributed by atoms with Crippen LogP contribution in [-0.2, 0) is 4.74 Å². The molecule has 2 unspecified atom stereocenters. The second-order valence-electron chi connectivity index (χ2n) is 6.85. The lowest BCUT2D eigenvalue weighted by Gasteiger charge is -2.39. The first-order valence-electron chi connectivity index (χ1n) is 8.03. The molecule has 1 aromatic rings. The van der Waals surface area contributed by atoms with Crippen LogP contribution >= 0.6 is 0 Å². The van der Waals surface area contributed by atoms with Gasteiger partial charge in [-0.2, -0.15) is 0 Å². The Morgan fingerprint density at radius 2 is 1.95 bits per heavy atom. The van der Waals surface area contributed by atoms with Crippen molar-refractivity contribution in [2.75, 3.05) is 26.7 Å². The van der Waals surface area contributed by atoms with Crippen molar-refractivity contribution < 1.29 is 4.74 Å². The third kappa shape index (κ3) is 4.53. The molecule has 0 saturated carbocycles. The molecule has 0 aromatic heterocycles. The maximum atomic E-state index is 6.39. The van der Waals surface area contributed by atoms with E-state index in [1.807, 2.05) is 7.11 Å². The van der Waals surface area contributed by atoms with Gasteiger partial charge in [0.15, 0.2) is 0 Å². The molecule has 1 aliphatic rings. The number of piperidine rings is 1. The first-order chi connectivity index (χ1) is 9.92. The van der Waals surface area contributed by atoms with Crippen molar-refractivity contribution in [2.24, 2.45) is 5.73 Å². The van der Waals surface area contributed by atoms with Gasteiger partial charge in [-0.1, -0.05) is 29.3 Å². The van der Waals surface area contributed by atoms with E-state index >= 15 is 0 Å². The Labute approximate surface area is 129 Å². The third-order valence-corrected chi connectivity index (χ3v) is 4.66. The molecule has 2 rings (SSSR count). The summed E-state index contributed by atoms with van der Waals surface area (Å²) in [5, 5.41) is 0. The predicted octanol–water partition coefficient (Wildman–Crippen LogP) is 3.19. The van der Waals surface area contributed by atoms with E-state index in [1.54, 1.807) is 0 Å². The lowest BCUT2D eigenvalue weighted by molar-refractivity contribution is -0.0510. The Kier molecular flexibility index (Phi) is 5.42. The number of benzene rings is 1. The molecule has 3 nitrogen and oxygen atoms in total. The summed E-state index contributed by atoms with van der Waals surface area (Å²) in [4.78, 5) is 2.50. The zero-order chi connectivity index (χ0) is 15.5. The fourth-order valence-electron chi connectivity index (χ4n) is 3.38. The van der Waals surface area contributed by atoms with E-state index in [0.29, 0.717) is 0 Å². The molecule has 0 amide bonds. The van der Waals surface area contributed by atoms with E-state index in [2.05, 4.69) is 43.9 Å². The SMILES string of the molecule is COC1(C)CCCN(CCC(N)c2cc(C)cc(C)c2)C1. The molecule has 3 heteroatoms. The number of likely N-dealkylation sites (tertiary alicyclic amines) is 1. The summed E-state index contributed by atoms with van der Waals surface area (Å²) >= 11 is 0. The smallest absolute Gasteiger partial charge is 0.0777 e. The number of hydrogen-bond donors (Lipinski definition) is 1. The van der Waals surface area contributed by atoms with E-state index in [0.717, 1.165) is 25.9 Å². The van der Waals surface area contributed by atoms with Crippen LogP contribution in [0.2, 0.25) is 0 Å². The van der Waals surface area contributed by atoms with Gasteiger partial charge in [0.1, 0.15) is 0 Å². The van der Waals surface area contributed by atoms with Crippen LogP contribution < -0.4 is 5.73 Å². The fourth-order valence-corrected chi connectivity index (χ4v) is 3.38. The van der Waals surface area contributed by atoms with Gasteiger partial charge in [0.25, 0.3) is 0 Å². The number of nitrogens with two attached hydrogens (primary N) is 1. The normalized spacial score (nSPS) is 25.0. The molecule has 1 heterocycles. The molecule has 0 aliphatic carbocycles. The van der Waals surface area contributed by atoms with Crippen molar-refractivity contribution in [1.29, 1.82) is 0 Å².